The molecule has 66 valence electrons. The van der Waals surface area contributed by atoms with E-state index in [1.165, 1.54) is 12.5 Å². The molecule has 0 aromatic carbocycles. The first-order chi connectivity index (χ1) is 5.04. The van der Waals surface area contributed by atoms with Gasteiger partial charge in [0.25, 0.3) is 0 Å². The molecule has 1 N–H and O–H groups in total. The van der Waals surface area contributed by atoms with Crippen LogP contribution < -0.4 is 0 Å². The monoisotopic (exact) mass is 175 g/mol. The lowest BCUT2D eigenvalue weighted by molar-refractivity contribution is 0.403. The Morgan fingerprint density at radius 2 is 1.91 bits per heavy atom. The molecule has 0 aromatic rings. The van der Waals surface area contributed by atoms with Crippen LogP contribution in [0.2, 0.25) is 19.1 Å². The van der Waals surface area contributed by atoms with Crippen molar-refractivity contribution in [3.05, 3.63) is 0 Å². The van der Waals surface area contributed by atoms with E-state index in [9.17, 15) is 0 Å². The highest BCUT2D eigenvalue weighted by atomic mass is 28.4. The second-order valence-electron chi connectivity index (χ2n) is 2.82. The maximum atomic E-state index is 8.35. The SMILES string of the molecule is CCC[Si](C)(C)OC.N=C=O. The molecule has 0 spiro atoms. The van der Waals surface area contributed by atoms with E-state index >= 15 is 0 Å². The summed E-state index contributed by atoms with van der Waals surface area (Å²) in [6.07, 6.45) is 2.01. The number of hydrogen-bond donors (Lipinski definition) is 1. The summed E-state index contributed by atoms with van der Waals surface area (Å²) in [7, 11) is 0.644. The summed E-state index contributed by atoms with van der Waals surface area (Å²) in [5, 5.41) is 5.40. The Kier molecular flexibility index (Phi) is 9.17. The zero-order valence-electron chi connectivity index (χ0n) is 7.73. The van der Waals surface area contributed by atoms with Crippen LogP contribution in [0, 0.1) is 5.41 Å². The van der Waals surface area contributed by atoms with Crippen LogP contribution in [0.4, 0.5) is 0 Å². The Balaban J connectivity index is 0. The Hall–Kier alpha value is -0.443. The van der Waals surface area contributed by atoms with E-state index in [0.717, 1.165) is 6.08 Å². The average Bonchev–Trinajstić information content (AvgIpc) is 1.90. The highest BCUT2D eigenvalue weighted by molar-refractivity contribution is 6.71. The molecule has 0 aromatic heterocycles. The van der Waals surface area contributed by atoms with Crippen LogP contribution in [-0.2, 0) is 9.22 Å². The van der Waals surface area contributed by atoms with Crippen molar-refractivity contribution in [1.29, 1.82) is 5.41 Å². The Morgan fingerprint density at radius 1 is 1.55 bits per heavy atom. The lowest BCUT2D eigenvalue weighted by atomic mass is 10.6. The van der Waals surface area contributed by atoms with Crippen molar-refractivity contribution in [1.82, 2.24) is 0 Å². The summed E-state index contributed by atoms with van der Waals surface area (Å²) in [4.78, 5) is 8.35. The molecule has 0 amide bonds. The fourth-order valence-electron chi connectivity index (χ4n) is 0.704. The summed E-state index contributed by atoms with van der Waals surface area (Å²) in [5.41, 5.74) is 0. The molecule has 0 aliphatic carbocycles. The highest BCUT2D eigenvalue weighted by Crippen LogP contribution is 2.10. The molecule has 0 bridgehead atoms. The number of isocyanates is 1. The molecule has 4 heteroatoms. The van der Waals surface area contributed by atoms with Gasteiger partial charge in [-0.05, 0) is 19.1 Å². The van der Waals surface area contributed by atoms with E-state index in [0.29, 0.717) is 0 Å². The summed E-state index contributed by atoms with van der Waals surface area (Å²) >= 11 is 0. The predicted octanol–water partition coefficient (Wildman–Crippen LogP) is 2.15. The Bertz CT molecular complexity index is 120. The molecule has 0 rings (SSSR count). The Morgan fingerprint density at radius 3 is 2.00 bits per heavy atom. The minimum atomic E-state index is -1.18. The number of nitrogens with one attached hydrogen (secondary N) is 1. The largest absolute Gasteiger partial charge is 0.420 e. The van der Waals surface area contributed by atoms with Crippen LogP contribution >= 0.6 is 0 Å². The maximum absolute atomic E-state index is 8.35. The number of carbonyl (C=O) groups excluding carboxylic acids is 1. The lowest BCUT2D eigenvalue weighted by Crippen LogP contribution is -2.27. The van der Waals surface area contributed by atoms with Gasteiger partial charge in [-0.25, -0.2) is 10.2 Å². The lowest BCUT2D eigenvalue weighted by Gasteiger charge is -2.17. The normalized spacial score (nSPS) is 9.45. The van der Waals surface area contributed by atoms with Gasteiger partial charge in [-0.2, -0.15) is 0 Å². The summed E-state index contributed by atoms with van der Waals surface area (Å²) in [6.45, 7) is 6.70. The fraction of sp³-hybridized carbons (Fsp3) is 0.857. The smallest absolute Gasteiger partial charge is 0.231 e. The van der Waals surface area contributed by atoms with Crippen LogP contribution in [0.5, 0.6) is 0 Å². The minimum Gasteiger partial charge on any atom is -0.420 e. The van der Waals surface area contributed by atoms with E-state index in [1.54, 1.807) is 0 Å². The average molecular weight is 175 g/mol. The molecule has 0 aliphatic rings. The zero-order valence-corrected chi connectivity index (χ0v) is 8.73. The van der Waals surface area contributed by atoms with Crippen molar-refractivity contribution in [2.75, 3.05) is 7.11 Å². The van der Waals surface area contributed by atoms with Gasteiger partial charge in [-0.1, -0.05) is 13.3 Å². The van der Waals surface area contributed by atoms with Crippen molar-refractivity contribution in [2.24, 2.45) is 0 Å². The molecule has 0 aliphatic heterocycles. The van der Waals surface area contributed by atoms with Crippen molar-refractivity contribution >= 4 is 14.4 Å². The van der Waals surface area contributed by atoms with Crippen molar-refractivity contribution in [3.63, 3.8) is 0 Å². The third-order valence-corrected chi connectivity index (χ3v) is 4.21. The topological polar surface area (TPSA) is 50.1 Å². The van der Waals surface area contributed by atoms with Crippen molar-refractivity contribution in [3.8, 4) is 0 Å². The highest BCUT2D eigenvalue weighted by Gasteiger charge is 2.17. The molecule has 0 saturated carbocycles. The van der Waals surface area contributed by atoms with Gasteiger partial charge in [0, 0.05) is 7.11 Å². The summed E-state index contributed by atoms with van der Waals surface area (Å²) < 4.78 is 5.32. The van der Waals surface area contributed by atoms with E-state index in [1.807, 2.05) is 7.11 Å². The van der Waals surface area contributed by atoms with Gasteiger partial charge < -0.3 is 4.43 Å². The van der Waals surface area contributed by atoms with E-state index in [-0.39, 0.29) is 0 Å². The molecule has 3 nitrogen and oxygen atoms in total. The van der Waals surface area contributed by atoms with Crippen LogP contribution in [-0.4, -0.2) is 21.5 Å². The van der Waals surface area contributed by atoms with Crippen LogP contribution in [0.15, 0.2) is 0 Å². The molecular weight excluding hydrogens is 158 g/mol. The van der Waals surface area contributed by atoms with Gasteiger partial charge in [0.15, 0.2) is 8.32 Å². The third-order valence-electron chi connectivity index (χ3n) is 1.40. The quantitative estimate of drug-likeness (QED) is 0.406. The van der Waals surface area contributed by atoms with Gasteiger partial charge in [-0.15, -0.1) is 0 Å². The molecule has 0 heterocycles. The van der Waals surface area contributed by atoms with Crippen LogP contribution in [0.3, 0.4) is 0 Å². The molecule has 0 atom stereocenters. The summed E-state index contributed by atoms with van der Waals surface area (Å²) in [6, 6.07) is 1.28. The molecule has 0 unspecified atom stereocenters. The van der Waals surface area contributed by atoms with Crippen LogP contribution in [0.1, 0.15) is 13.3 Å². The number of hydrogen-bond acceptors (Lipinski definition) is 3. The minimum absolute atomic E-state index is 0.750. The third kappa shape index (κ3) is 12.7. The molecule has 11 heavy (non-hydrogen) atoms. The first-order valence-electron chi connectivity index (χ1n) is 3.63. The van der Waals surface area contributed by atoms with Crippen molar-refractivity contribution in [2.45, 2.75) is 32.5 Å². The first-order valence-corrected chi connectivity index (χ1v) is 6.74. The summed E-state index contributed by atoms with van der Waals surface area (Å²) in [5.74, 6) is 0. The van der Waals surface area contributed by atoms with E-state index < -0.39 is 8.32 Å². The van der Waals surface area contributed by atoms with Gasteiger partial charge in [0.2, 0.25) is 6.08 Å². The van der Waals surface area contributed by atoms with Gasteiger partial charge in [0.05, 0.1) is 0 Å². The molecule has 0 radical (unpaired) electrons. The second-order valence-corrected chi connectivity index (χ2v) is 7.24. The predicted molar refractivity (Wildman–Crippen MR) is 48.0 cm³/mol. The maximum Gasteiger partial charge on any atom is 0.231 e. The van der Waals surface area contributed by atoms with Crippen LogP contribution in [0.25, 0.3) is 0 Å². The van der Waals surface area contributed by atoms with Gasteiger partial charge in [-0.3, -0.25) is 0 Å². The van der Waals surface area contributed by atoms with Crippen molar-refractivity contribution < 1.29 is 9.22 Å². The standard InChI is InChI=1S/C6H16OSi.CHNO/c1-5-6-8(3,4)7-2;2-1-3/h5-6H2,1-4H3;2H. The fourth-order valence-corrected chi connectivity index (χ4v) is 2.11. The van der Waals surface area contributed by atoms with E-state index in [4.69, 9.17) is 14.6 Å². The molecule has 0 fully saturated rings. The number of rotatable bonds is 3. The molecular formula is C7H17NO2Si. The van der Waals surface area contributed by atoms with Gasteiger partial charge in [0.1, 0.15) is 0 Å². The van der Waals surface area contributed by atoms with E-state index in [2.05, 4.69) is 20.0 Å². The van der Waals surface area contributed by atoms with Gasteiger partial charge >= 0.3 is 0 Å². The molecule has 0 saturated heterocycles. The first kappa shape index (κ1) is 13.2. The second kappa shape index (κ2) is 7.66. The Labute approximate surface area is 69.4 Å². The zero-order chi connectivity index (χ0) is 9.33.